The zero-order valence-corrected chi connectivity index (χ0v) is 25.1. The van der Waals surface area contributed by atoms with E-state index in [4.69, 9.17) is 4.52 Å². The van der Waals surface area contributed by atoms with Crippen molar-refractivity contribution in [1.29, 1.82) is 0 Å². The molecule has 5 aromatic rings. The third-order valence-corrected chi connectivity index (χ3v) is 9.79. The standard InChI is InChI=1S/C32H28F4N4O4S/c1-31(2,21-7-9-23(33)10-8-21)30-37-29(38-44-30)26-19-40(18-20-3-5-22(6-4-20)32(34,35)36)27-17-24(11-12-25(27)28(26)41)39-13-15-45(42,43)16-14-39/h3-12,17,19H,13-16,18H2,1-2H3. The number of pyridine rings is 1. The minimum absolute atomic E-state index is 0.0107. The van der Waals surface area contributed by atoms with E-state index < -0.39 is 27.0 Å². The molecule has 45 heavy (non-hydrogen) atoms. The van der Waals surface area contributed by atoms with Gasteiger partial charge in [0.15, 0.2) is 9.84 Å². The van der Waals surface area contributed by atoms with Gasteiger partial charge in [0.25, 0.3) is 0 Å². The highest BCUT2D eigenvalue weighted by molar-refractivity contribution is 7.91. The average molecular weight is 641 g/mol. The van der Waals surface area contributed by atoms with Crippen LogP contribution in [0.3, 0.4) is 0 Å². The van der Waals surface area contributed by atoms with Crippen molar-refractivity contribution in [3.05, 3.63) is 112 Å². The largest absolute Gasteiger partial charge is 0.416 e. The number of anilines is 1. The summed E-state index contributed by atoms with van der Waals surface area (Å²) in [6.07, 6.45) is -2.93. The van der Waals surface area contributed by atoms with E-state index in [0.29, 0.717) is 35.2 Å². The van der Waals surface area contributed by atoms with Crippen LogP contribution in [0.2, 0.25) is 0 Å². The highest BCUT2D eigenvalue weighted by atomic mass is 32.2. The Kier molecular flexibility index (Phi) is 7.54. The Morgan fingerprint density at radius 1 is 0.911 bits per heavy atom. The predicted molar refractivity (Wildman–Crippen MR) is 161 cm³/mol. The number of hydrogen-bond acceptors (Lipinski definition) is 7. The molecule has 8 nitrogen and oxygen atoms in total. The zero-order chi connectivity index (χ0) is 32.1. The van der Waals surface area contributed by atoms with Gasteiger partial charge in [-0.1, -0.05) is 29.4 Å². The molecule has 0 amide bonds. The summed E-state index contributed by atoms with van der Waals surface area (Å²) in [5, 5.41) is 4.41. The Morgan fingerprint density at radius 2 is 1.56 bits per heavy atom. The maximum atomic E-state index is 13.8. The highest BCUT2D eigenvalue weighted by Crippen LogP contribution is 2.33. The fourth-order valence-corrected chi connectivity index (χ4v) is 6.61. The highest BCUT2D eigenvalue weighted by Gasteiger charge is 2.32. The second-order valence-corrected chi connectivity index (χ2v) is 13.9. The SMILES string of the molecule is CC(C)(c1ccc(F)cc1)c1nc(-c2cn(Cc3ccc(C(F)(F)F)cc3)c3cc(N4CCS(=O)(=O)CC4)ccc3c2=O)no1. The van der Waals surface area contributed by atoms with Gasteiger partial charge in [-0.15, -0.1) is 0 Å². The van der Waals surface area contributed by atoms with Crippen LogP contribution in [0.25, 0.3) is 22.3 Å². The molecule has 1 aliphatic rings. The van der Waals surface area contributed by atoms with Gasteiger partial charge in [-0.05, 0) is 67.4 Å². The maximum absolute atomic E-state index is 13.8. The fraction of sp³-hybridized carbons (Fsp3) is 0.281. The van der Waals surface area contributed by atoms with E-state index in [-0.39, 0.29) is 46.6 Å². The summed E-state index contributed by atoms with van der Waals surface area (Å²) in [5.74, 6) is -0.140. The van der Waals surface area contributed by atoms with E-state index in [1.54, 1.807) is 41.1 Å². The molecule has 234 valence electrons. The molecule has 0 radical (unpaired) electrons. The van der Waals surface area contributed by atoms with E-state index in [1.165, 1.54) is 24.3 Å². The lowest BCUT2D eigenvalue weighted by atomic mass is 9.84. The number of aromatic nitrogens is 3. The third kappa shape index (κ3) is 6.08. The monoisotopic (exact) mass is 640 g/mol. The normalized spacial score (nSPS) is 15.5. The van der Waals surface area contributed by atoms with Crippen LogP contribution < -0.4 is 10.3 Å². The van der Waals surface area contributed by atoms with Crippen molar-refractivity contribution >= 4 is 26.4 Å². The predicted octanol–water partition coefficient (Wildman–Crippen LogP) is 5.82. The van der Waals surface area contributed by atoms with E-state index in [1.807, 2.05) is 18.7 Å². The van der Waals surface area contributed by atoms with Crippen LogP contribution in [-0.2, 0) is 28.0 Å². The molecule has 0 spiro atoms. The van der Waals surface area contributed by atoms with Gasteiger partial charge in [-0.3, -0.25) is 4.79 Å². The molecule has 6 rings (SSSR count). The first kappa shape index (κ1) is 30.5. The third-order valence-electron chi connectivity index (χ3n) is 8.18. The summed E-state index contributed by atoms with van der Waals surface area (Å²) in [6.45, 7) is 4.36. The van der Waals surface area contributed by atoms with Gasteiger partial charge in [-0.25, -0.2) is 12.8 Å². The molecule has 0 aliphatic carbocycles. The Labute approximate surface area is 255 Å². The smallest absolute Gasteiger partial charge is 0.369 e. The molecule has 3 heterocycles. The van der Waals surface area contributed by atoms with Crippen molar-refractivity contribution in [3.63, 3.8) is 0 Å². The van der Waals surface area contributed by atoms with Gasteiger partial charge in [0.2, 0.25) is 17.1 Å². The van der Waals surface area contributed by atoms with Gasteiger partial charge in [-0.2, -0.15) is 18.2 Å². The Morgan fingerprint density at radius 3 is 2.20 bits per heavy atom. The Hall–Kier alpha value is -4.52. The minimum atomic E-state index is -4.48. The van der Waals surface area contributed by atoms with Gasteiger partial charge in [0.05, 0.1) is 33.6 Å². The lowest BCUT2D eigenvalue weighted by Gasteiger charge is -2.29. The van der Waals surface area contributed by atoms with E-state index in [2.05, 4.69) is 10.1 Å². The first-order chi connectivity index (χ1) is 21.2. The first-order valence-electron chi connectivity index (χ1n) is 14.1. The second kappa shape index (κ2) is 11.1. The van der Waals surface area contributed by atoms with Crippen molar-refractivity contribution in [2.45, 2.75) is 32.0 Å². The van der Waals surface area contributed by atoms with Crippen LogP contribution in [0.5, 0.6) is 0 Å². The zero-order valence-electron chi connectivity index (χ0n) is 24.3. The van der Waals surface area contributed by atoms with Crippen LogP contribution in [0.15, 0.2) is 82.2 Å². The van der Waals surface area contributed by atoms with Crippen molar-refractivity contribution in [2.75, 3.05) is 29.5 Å². The minimum Gasteiger partial charge on any atom is -0.369 e. The van der Waals surface area contributed by atoms with Crippen LogP contribution in [0.4, 0.5) is 23.2 Å². The quantitative estimate of drug-likeness (QED) is 0.216. The summed E-state index contributed by atoms with van der Waals surface area (Å²) in [4.78, 5) is 20.3. The molecule has 1 saturated heterocycles. The number of halogens is 4. The van der Waals surface area contributed by atoms with Crippen LogP contribution in [-0.4, -0.2) is 47.7 Å². The molecule has 0 saturated carbocycles. The molecule has 1 aliphatic heterocycles. The molecule has 3 aromatic carbocycles. The number of alkyl halides is 3. The number of nitrogens with zero attached hydrogens (tertiary/aromatic N) is 4. The van der Waals surface area contributed by atoms with E-state index in [9.17, 15) is 30.8 Å². The van der Waals surface area contributed by atoms with Crippen molar-refractivity contribution < 1.29 is 30.5 Å². The van der Waals surface area contributed by atoms with E-state index in [0.717, 1.165) is 17.7 Å². The van der Waals surface area contributed by atoms with Crippen LogP contribution >= 0.6 is 0 Å². The molecular formula is C32H28F4N4O4S. The summed E-state index contributed by atoms with van der Waals surface area (Å²) in [7, 11) is -3.12. The first-order valence-corrected chi connectivity index (χ1v) is 15.9. The fourth-order valence-electron chi connectivity index (χ4n) is 5.41. The number of hydrogen-bond donors (Lipinski definition) is 0. The van der Waals surface area contributed by atoms with Crippen LogP contribution in [0, 0.1) is 5.82 Å². The topological polar surface area (TPSA) is 98.3 Å². The second-order valence-electron chi connectivity index (χ2n) is 11.6. The summed E-state index contributed by atoms with van der Waals surface area (Å²) in [5.41, 5.74) is 0.645. The van der Waals surface area contributed by atoms with Crippen molar-refractivity contribution in [3.8, 4) is 11.4 Å². The van der Waals surface area contributed by atoms with Crippen molar-refractivity contribution in [1.82, 2.24) is 14.7 Å². The molecule has 1 fully saturated rings. The maximum Gasteiger partial charge on any atom is 0.416 e. The number of sulfone groups is 1. The number of benzene rings is 3. The molecule has 0 unspecified atom stereocenters. The van der Waals surface area contributed by atoms with Gasteiger partial charge in [0.1, 0.15) is 5.82 Å². The molecule has 13 heteroatoms. The summed E-state index contributed by atoms with van der Waals surface area (Å²) < 4.78 is 84.4. The van der Waals surface area contributed by atoms with Gasteiger partial charge < -0.3 is 14.0 Å². The molecule has 0 atom stereocenters. The van der Waals surface area contributed by atoms with Crippen molar-refractivity contribution in [2.24, 2.45) is 0 Å². The van der Waals surface area contributed by atoms with Crippen LogP contribution in [0.1, 0.15) is 36.4 Å². The molecule has 0 N–H and O–H groups in total. The number of rotatable bonds is 6. The van der Waals surface area contributed by atoms with Gasteiger partial charge >= 0.3 is 6.18 Å². The summed E-state index contributed by atoms with van der Waals surface area (Å²) in [6, 6.07) is 15.8. The summed E-state index contributed by atoms with van der Waals surface area (Å²) >= 11 is 0. The molecular weight excluding hydrogens is 612 g/mol. The van der Waals surface area contributed by atoms with E-state index >= 15 is 0 Å². The Balaban J connectivity index is 1.44. The lowest BCUT2D eigenvalue weighted by Crippen LogP contribution is -2.40. The lowest BCUT2D eigenvalue weighted by molar-refractivity contribution is -0.137. The number of fused-ring (bicyclic) bond motifs is 1. The average Bonchev–Trinajstić information content (AvgIpc) is 3.50. The Bertz CT molecular complexity index is 2040. The van der Waals surface area contributed by atoms with Gasteiger partial charge in [0, 0.05) is 36.9 Å². The molecule has 2 aromatic heterocycles. The molecule has 0 bridgehead atoms.